The Labute approximate surface area is 122 Å². The summed E-state index contributed by atoms with van der Waals surface area (Å²) >= 11 is 0. The SMILES string of the molecule is CCCn1cc(S(=O)(=O)NCc2cccc(F)c2)c(N)n1. The average molecular weight is 312 g/mol. The van der Waals surface area contributed by atoms with E-state index < -0.39 is 15.8 Å². The Balaban J connectivity index is 2.15. The van der Waals surface area contributed by atoms with E-state index in [9.17, 15) is 12.8 Å². The fourth-order valence-corrected chi connectivity index (χ4v) is 2.96. The quantitative estimate of drug-likeness (QED) is 0.845. The third-order valence-corrected chi connectivity index (χ3v) is 4.27. The van der Waals surface area contributed by atoms with Crippen LogP contribution in [0.4, 0.5) is 10.2 Å². The molecule has 0 saturated carbocycles. The molecule has 1 heterocycles. The molecular formula is C13H17FN4O2S. The van der Waals surface area contributed by atoms with Gasteiger partial charge in [0.15, 0.2) is 5.82 Å². The molecule has 0 aliphatic carbocycles. The largest absolute Gasteiger partial charge is 0.381 e. The van der Waals surface area contributed by atoms with Crippen molar-refractivity contribution in [2.45, 2.75) is 31.3 Å². The molecule has 21 heavy (non-hydrogen) atoms. The summed E-state index contributed by atoms with van der Waals surface area (Å²) in [6, 6.07) is 5.72. The van der Waals surface area contributed by atoms with Gasteiger partial charge >= 0.3 is 0 Å². The number of benzene rings is 1. The van der Waals surface area contributed by atoms with Gasteiger partial charge in [-0.1, -0.05) is 19.1 Å². The van der Waals surface area contributed by atoms with E-state index in [0.29, 0.717) is 12.1 Å². The van der Waals surface area contributed by atoms with Crippen molar-refractivity contribution < 1.29 is 12.8 Å². The molecule has 0 saturated heterocycles. The molecule has 0 atom stereocenters. The maximum absolute atomic E-state index is 13.1. The van der Waals surface area contributed by atoms with Gasteiger partial charge in [0.2, 0.25) is 10.0 Å². The van der Waals surface area contributed by atoms with E-state index in [1.807, 2.05) is 6.92 Å². The zero-order valence-corrected chi connectivity index (χ0v) is 12.4. The predicted octanol–water partition coefficient (Wildman–Crippen LogP) is 1.49. The van der Waals surface area contributed by atoms with Gasteiger partial charge in [0, 0.05) is 19.3 Å². The van der Waals surface area contributed by atoms with Crippen LogP contribution in [0, 0.1) is 5.82 Å². The monoisotopic (exact) mass is 312 g/mol. The van der Waals surface area contributed by atoms with Crippen molar-refractivity contribution in [3.63, 3.8) is 0 Å². The van der Waals surface area contributed by atoms with Crippen molar-refractivity contribution in [2.24, 2.45) is 0 Å². The van der Waals surface area contributed by atoms with Crippen LogP contribution >= 0.6 is 0 Å². The van der Waals surface area contributed by atoms with Gasteiger partial charge in [0.1, 0.15) is 10.7 Å². The normalized spacial score (nSPS) is 11.7. The van der Waals surface area contributed by atoms with E-state index in [2.05, 4.69) is 9.82 Å². The molecule has 2 aromatic rings. The van der Waals surface area contributed by atoms with Crippen molar-refractivity contribution in [2.75, 3.05) is 5.73 Å². The molecule has 0 aliphatic rings. The van der Waals surface area contributed by atoms with E-state index in [4.69, 9.17) is 5.73 Å². The smallest absolute Gasteiger partial charge is 0.246 e. The van der Waals surface area contributed by atoms with E-state index >= 15 is 0 Å². The number of aryl methyl sites for hydroxylation is 1. The number of nitrogen functional groups attached to an aromatic ring is 1. The first kappa shape index (κ1) is 15.5. The highest BCUT2D eigenvalue weighted by molar-refractivity contribution is 7.89. The Hall–Kier alpha value is -1.93. The van der Waals surface area contributed by atoms with Crippen LogP contribution in [0.2, 0.25) is 0 Å². The lowest BCUT2D eigenvalue weighted by atomic mass is 10.2. The predicted molar refractivity (Wildman–Crippen MR) is 77.4 cm³/mol. The van der Waals surface area contributed by atoms with Crippen LogP contribution in [-0.4, -0.2) is 18.2 Å². The summed E-state index contributed by atoms with van der Waals surface area (Å²) in [5, 5.41) is 3.95. The number of aromatic nitrogens is 2. The Morgan fingerprint density at radius 1 is 1.43 bits per heavy atom. The molecule has 114 valence electrons. The van der Waals surface area contributed by atoms with Crippen molar-refractivity contribution in [3.05, 3.63) is 41.8 Å². The molecule has 0 fully saturated rings. The molecule has 0 amide bonds. The van der Waals surface area contributed by atoms with E-state index in [1.54, 1.807) is 6.07 Å². The molecule has 1 aromatic heterocycles. The number of nitrogens with two attached hydrogens (primary N) is 1. The van der Waals surface area contributed by atoms with Gasteiger partial charge in [-0.05, 0) is 24.1 Å². The first-order valence-electron chi connectivity index (χ1n) is 6.49. The van der Waals surface area contributed by atoms with Gasteiger partial charge in [0.25, 0.3) is 0 Å². The summed E-state index contributed by atoms with van der Waals surface area (Å²) < 4.78 is 41.3. The van der Waals surface area contributed by atoms with Crippen molar-refractivity contribution >= 4 is 15.8 Å². The number of rotatable bonds is 6. The van der Waals surface area contributed by atoms with Gasteiger partial charge < -0.3 is 5.73 Å². The van der Waals surface area contributed by atoms with Crippen LogP contribution in [0.1, 0.15) is 18.9 Å². The minimum Gasteiger partial charge on any atom is -0.381 e. The van der Waals surface area contributed by atoms with Crippen molar-refractivity contribution in [1.29, 1.82) is 0 Å². The number of nitrogens with one attached hydrogen (secondary N) is 1. The molecule has 1 aromatic carbocycles. The van der Waals surface area contributed by atoms with Crippen LogP contribution in [0.15, 0.2) is 35.4 Å². The number of nitrogens with zero attached hydrogens (tertiary/aromatic N) is 2. The highest BCUT2D eigenvalue weighted by Crippen LogP contribution is 2.16. The van der Waals surface area contributed by atoms with Crippen LogP contribution < -0.4 is 10.5 Å². The molecule has 8 heteroatoms. The second kappa shape index (κ2) is 6.23. The number of halogens is 1. The fourth-order valence-electron chi connectivity index (χ4n) is 1.87. The standard InChI is InChI=1S/C13H17FN4O2S/c1-2-6-18-9-12(13(15)17-18)21(19,20)16-8-10-4-3-5-11(14)7-10/h3-5,7,9,16H,2,6,8H2,1H3,(H2,15,17). The van der Waals surface area contributed by atoms with Gasteiger partial charge in [-0.25, -0.2) is 17.5 Å². The summed E-state index contributed by atoms with van der Waals surface area (Å²) in [6.45, 7) is 2.52. The van der Waals surface area contributed by atoms with Gasteiger partial charge in [-0.3, -0.25) is 4.68 Å². The fraction of sp³-hybridized carbons (Fsp3) is 0.308. The third kappa shape index (κ3) is 3.79. The maximum atomic E-state index is 13.1. The van der Waals surface area contributed by atoms with Crippen LogP contribution in [0.3, 0.4) is 0 Å². The zero-order valence-electron chi connectivity index (χ0n) is 11.6. The lowest BCUT2D eigenvalue weighted by molar-refractivity contribution is 0.578. The topological polar surface area (TPSA) is 90.0 Å². The summed E-state index contributed by atoms with van der Waals surface area (Å²) in [6.07, 6.45) is 2.21. The zero-order chi connectivity index (χ0) is 15.5. The number of anilines is 1. The van der Waals surface area contributed by atoms with Crippen LogP contribution in [-0.2, 0) is 23.1 Å². The Bertz CT molecular complexity index is 728. The second-order valence-corrected chi connectivity index (χ2v) is 6.33. The number of sulfonamides is 1. The molecule has 3 N–H and O–H groups in total. The Morgan fingerprint density at radius 3 is 2.86 bits per heavy atom. The first-order chi connectivity index (χ1) is 9.92. The lowest BCUT2D eigenvalue weighted by Crippen LogP contribution is -2.23. The number of hydrogen-bond acceptors (Lipinski definition) is 4. The molecule has 6 nitrogen and oxygen atoms in total. The Kier molecular flexibility index (Phi) is 4.59. The molecule has 0 unspecified atom stereocenters. The van der Waals surface area contributed by atoms with Crippen molar-refractivity contribution in [3.8, 4) is 0 Å². The summed E-state index contributed by atoms with van der Waals surface area (Å²) in [4.78, 5) is -0.0626. The minimum absolute atomic E-state index is 0.0154. The minimum atomic E-state index is -3.78. The van der Waals surface area contributed by atoms with Crippen molar-refractivity contribution in [1.82, 2.24) is 14.5 Å². The maximum Gasteiger partial charge on any atom is 0.246 e. The Morgan fingerprint density at radius 2 is 2.19 bits per heavy atom. The molecule has 0 spiro atoms. The second-order valence-electron chi connectivity index (χ2n) is 4.60. The van der Waals surface area contributed by atoms with E-state index in [-0.39, 0.29) is 17.3 Å². The van der Waals surface area contributed by atoms with Gasteiger partial charge in [-0.2, -0.15) is 5.10 Å². The number of hydrogen-bond donors (Lipinski definition) is 2. The lowest BCUT2D eigenvalue weighted by Gasteiger charge is -2.05. The molecular weight excluding hydrogens is 295 g/mol. The molecule has 0 aliphatic heterocycles. The highest BCUT2D eigenvalue weighted by Gasteiger charge is 2.20. The van der Waals surface area contributed by atoms with Gasteiger partial charge in [0.05, 0.1) is 0 Å². The molecule has 0 radical (unpaired) electrons. The van der Waals surface area contributed by atoms with E-state index in [1.165, 1.54) is 29.1 Å². The molecule has 0 bridgehead atoms. The summed E-state index contributed by atoms with van der Waals surface area (Å²) in [7, 11) is -3.78. The highest BCUT2D eigenvalue weighted by atomic mass is 32.2. The average Bonchev–Trinajstić information content (AvgIpc) is 2.79. The van der Waals surface area contributed by atoms with Gasteiger partial charge in [-0.15, -0.1) is 0 Å². The van der Waals surface area contributed by atoms with E-state index in [0.717, 1.165) is 6.42 Å². The van der Waals surface area contributed by atoms with Crippen LogP contribution in [0.5, 0.6) is 0 Å². The van der Waals surface area contributed by atoms with Crippen LogP contribution in [0.25, 0.3) is 0 Å². The summed E-state index contributed by atoms with van der Waals surface area (Å²) in [5.41, 5.74) is 6.17. The third-order valence-electron chi connectivity index (χ3n) is 2.85. The summed E-state index contributed by atoms with van der Waals surface area (Å²) in [5.74, 6) is -0.461. The molecule has 2 rings (SSSR count). The first-order valence-corrected chi connectivity index (χ1v) is 7.97.